The van der Waals surface area contributed by atoms with E-state index in [1.54, 1.807) is 0 Å². The van der Waals surface area contributed by atoms with Crippen LogP contribution in [0, 0.1) is 0 Å². The molecule has 7 heteroatoms. The van der Waals surface area contributed by atoms with Crippen LogP contribution in [0.4, 0.5) is 13.2 Å². The first-order valence-corrected chi connectivity index (χ1v) is 5.18. The van der Waals surface area contributed by atoms with Gasteiger partial charge in [0.15, 0.2) is 5.69 Å². The summed E-state index contributed by atoms with van der Waals surface area (Å²) in [5, 5.41) is 0. The molecule has 0 aliphatic rings. The van der Waals surface area contributed by atoms with Gasteiger partial charge in [0.2, 0.25) is 0 Å². The minimum absolute atomic E-state index is 0.102. The topological polar surface area (TPSA) is 68.9 Å². The number of hydrogen-bond donors (Lipinski definition) is 1. The average Bonchev–Trinajstić information content (AvgIpc) is 2.38. The van der Waals surface area contributed by atoms with Gasteiger partial charge in [-0.15, -0.1) is 0 Å². The molecule has 0 unspecified atom stereocenters. The maximum Gasteiger partial charge on any atom is 0.433 e. The smallest absolute Gasteiger partial charge is 0.364 e. The van der Waals surface area contributed by atoms with Crippen molar-refractivity contribution in [1.82, 2.24) is 9.97 Å². The van der Waals surface area contributed by atoms with E-state index in [1.807, 2.05) is 0 Å². The van der Waals surface area contributed by atoms with Crippen LogP contribution in [0.3, 0.4) is 0 Å². The molecule has 0 radical (unpaired) electrons. The van der Waals surface area contributed by atoms with E-state index in [0.29, 0.717) is 0 Å². The highest BCUT2D eigenvalue weighted by atomic mass is 19.4. The highest BCUT2D eigenvalue weighted by Gasteiger charge is 2.35. The number of nitrogens with two attached hydrogens (primary N) is 1. The normalized spacial score (nSPS) is 11.3. The first-order valence-electron chi connectivity index (χ1n) is 5.18. The fourth-order valence-corrected chi connectivity index (χ4v) is 1.60. The van der Waals surface area contributed by atoms with Gasteiger partial charge in [0.25, 0.3) is 5.91 Å². The number of amides is 1. The summed E-state index contributed by atoms with van der Waals surface area (Å²) in [4.78, 5) is 18.0. The maximum absolute atomic E-state index is 12.8. The zero-order valence-corrected chi connectivity index (χ0v) is 9.48. The molecule has 0 aromatic carbocycles. The van der Waals surface area contributed by atoms with Gasteiger partial charge >= 0.3 is 6.18 Å². The molecule has 0 saturated heterocycles. The standard InChI is InChI=1S/C12H8F3N3O/c13-12(14,15)10-8(2-1-4-18-10)7-3-5-17-9(6-7)11(16)19/h1-6H,(H2,16,19). The third kappa shape index (κ3) is 2.70. The van der Waals surface area contributed by atoms with Gasteiger partial charge < -0.3 is 5.73 Å². The number of halogens is 3. The molecule has 2 rings (SSSR count). The predicted octanol–water partition coefficient (Wildman–Crippen LogP) is 2.26. The molecule has 1 amide bonds. The number of alkyl halides is 3. The van der Waals surface area contributed by atoms with Crippen molar-refractivity contribution in [3.63, 3.8) is 0 Å². The Kier molecular flexibility index (Phi) is 3.20. The number of carbonyl (C=O) groups is 1. The molecule has 0 bridgehead atoms. The number of rotatable bonds is 2. The first kappa shape index (κ1) is 13.0. The third-order valence-corrected chi connectivity index (χ3v) is 2.40. The Hall–Kier alpha value is -2.44. The molecule has 2 heterocycles. The van der Waals surface area contributed by atoms with Crippen LogP contribution in [0.15, 0.2) is 36.7 Å². The van der Waals surface area contributed by atoms with E-state index >= 15 is 0 Å². The molecule has 0 saturated carbocycles. The van der Waals surface area contributed by atoms with Gasteiger partial charge in [-0.05, 0) is 23.8 Å². The molecule has 0 aliphatic heterocycles. The van der Waals surface area contributed by atoms with E-state index in [9.17, 15) is 18.0 Å². The second-order valence-electron chi connectivity index (χ2n) is 3.69. The van der Waals surface area contributed by atoms with Crippen molar-refractivity contribution in [3.05, 3.63) is 48.0 Å². The highest BCUT2D eigenvalue weighted by molar-refractivity contribution is 5.92. The fraction of sp³-hybridized carbons (Fsp3) is 0.0833. The van der Waals surface area contributed by atoms with Crippen LogP contribution in [0.25, 0.3) is 11.1 Å². The average molecular weight is 267 g/mol. The number of hydrogen-bond acceptors (Lipinski definition) is 3. The molecule has 4 nitrogen and oxygen atoms in total. The fourth-order valence-electron chi connectivity index (χ4n) is 1.60. The van der Waals surface area contributed by atoms with Crippen LogP contribution in [-0.4, -0.2) is 15.9 Å². The predicted molar refractivity (Wildman–Crippen MR) is 61.0 cm³/mol. The summed E-state index contributed by atoms with van der Waals surface area (Å²) < 4.78 is 38.5. The lowest BCUT2D eigenvalue weighted by molar-refractivity contribution is -0.140. The Morgan fingerprint density at radius 2 is 1.89 bits per heavy atom. The molecule has 19 heavy (non-hydrogen) atoms. The summed E-state index contributed by atoms with van der Waals surface area (Å²) in [7, 11) is 0. The van der Waals surface area contributed by atoms with Gasteiger partial charge in [0.05, 0.1) is 0 Å². The zero-order chi connectivity index (χ0) is 14.0. The van der Waals surface area contributed by atoms with Crippen LogP contribution in [0.2, 0.25) is 0 Å². The number of nitrogens with zero attached hydrogens (tertiary/aromatic N) is 2. The Labute approximate surface area is 106 Å². The quantitative estimate of drug-likeness (QED) is 0.907. The van der Waals surface area contributed by atoms with Gasteiger partial charge in [-0.3, -0.25) is 14.8 Å². The minimum atomic E-state index is -4.58. The molecule has 0 atom stereocenters. The van der Waals surface area contributed by atoms with Crippen molar-refractivity contribution in [3.8, 4) is 11.1 Å². The molecule has 2 aromatic heterocycles. The first-order chi connectivity index (χ1) is 8.89. The molecule has 0 spiro atoms. The maximum atomic E-state index is 12.8. The monoisotopic (exact) mass is 267 g/mol. The Morgan fingerprint density at radius 1 is 1.16 bits per heavy atom. The Bertz CT molecular complexity index is 626. The molecule has 98 valence electrons. The molecular formula is C12H8F3N3O. The van der Waals surface area contributed by atoms with E-state index < -0.39 is 17.8 Å². The lowest BCUT2D eigenvalue weighted by Gasteiger charge is -2.11. The lowest BCUT2D eigenvalue weighted by atomic mass is 10.0. The zero-order valence-electron chi connectivity index (χ0n) is 9.48. The summed E-state index contributed by atoms with van der Waals surface area (Å²) in [6, 6.07) is 5.22. The number of carbonyl (C=O) groups excluding carboxylic acids is 1. The van der Waals surface area contributed by atoms with Crippen LogP contribution < -0.4 is 5.73 Å². The van der Waals surface area contributed by atoms with E-state index in [0.717, 1.165) is 6.20 Å². The van der Waals surface area contributed by atoms with Gasteiger partial charge in [0.1, 0.15) is 5.69 Å². The van der Waals surface area contributed by atoms with Crippen molar-refractivity contribution in [2.75, 3.05) is 0 Å². The molecule has 2 aromatic rings. The van der Waals surface area contributed by atoms with Gasteiger partial charge in [-0.2, -0.15) is 13.2 Å². The van der Waals surface area contributed by atoms with Crippen LogP contribution in [-0.2, 0) is 6.18 Å². The summed E-state index contributed by atoms with van der Waals surface area (Å²) in [5.74, 6) is -0.806. The van der Waals surface area contributed by atoms with E-state index in [-0.39, 0.29) is 16.8 Å². The van der Waals surface area contributed by atoms with Crippen LogP contribution in [0.1, 0.15) is 16.2 Å². The highest BCUT2D eigenvalue weighted by Crippen LogP contribution is 2.35. The van der Waals surface area contributed by atoms with Crippen molar-refractivity contribution < 1.29 is 18.0 Å². The van der Waals surface area contributed by atoms with Gasteiger partial charge in [-0.25, -0.2) is 0 Å². The lowest BCUT2D eigenvalue weighted by Crippen LogP contribution is -2.13. The number of pyridine rings is 2. The van der Waals surface area contributed by atoms with Gasteiger partial charge in [-0.1, -0.05) is 6.07 Å². The summed E-state index contributed by atoms with van der Waals surface area (Å²) >= 11 is 0. The molecule has 0 fully saturated rings. The second kappa shape index (κ2) is 4.68. The van der Waals surface area contributed by atoms with E-state index in [1.165, 1.54) is 30.5 Å². The van der Waals surface area contributed by atoms with E-state index in [2.05, 4.69) is 9.97 Å². The summed E-state index contributed by atoms with van der Waals surface area (Å²) in [6.45, 7) is 0. The summed E-state index contributed by atoms with van der Waals surface area (Å²) in [5.41, 5.74) is 3.99. The Morgan fingerprint density at radius 3 is 2.53 bits per heavy atom. The SMILES string of the molecule is NC(=O)c1cc(-c2cccnc2C(F)(F)F)ccn1. The minimum Gasteiger partial charge on any atom is -0.364 e. The number of primary amides is 1. The van der Waals surface area contributed by atoms with Crippen molar-refractivity contribution in [1.29, 1.82) is 0 Å². The summed E-state index contributed by atoms with van der Waals surface area (Å²) in [6.07, 6.45) is -2.29. The molecule has 0 aliphatic carbocycles. The van der Waals surface area contributed by atoms with E-state index in [4.69, 9.17) is 5.73 Å². The molecule has 2 N–H and O–H groups in total. The van der Waals surface area contributed by atoms with Crippen molar-refractivity contribution >= 4 is 5.91 Å². The van der Waals surface area contributed by atoms with Crippen LogP contribution >= 0.6 is 0 Å². The van der Waals surface area contributed by atoms with Crippen molar-refractivity contribution in [2.24, 2.45) is 5.73 Å². The Balaban J connectivity index is 2.60. The third-order valence-electron chi connectivity index (χ3n) is 2.40. The second-order valence-corrected chi connectivity index (χ2v) is 3.69. The largest absolute Gasteiger partial charge is 0.433 e. The molecular weight excluding hydrogens is 259 g/mol. The van der Waals surface area contributed by atoms with Crippen LogP contribution in [0.5, 0.6) is 0 Å². The van der Waals surface area contributed by atoms with Gasteiger partial charge in [0, 0.05) is 18.0 Å². The number of aromatic nitrogens is 2. The van der Waals surface area contributed by atoms with Crippen molar-refractivity contribution in [2.45, 2.75) is 6.18 Å².